The lowest BCUT2D eigenvalue weighted by Crippen LogP contribution is -1.99. The van der Waals surface area contributed by atoms with Crippen LogP contribution in [0.5, 0.6) is 0 Å². The molecule has 0 aliphatic heterocycles. The molecular formula is C14H13F2NS. The van der Waals surface area contributed by atoms with E-state index in [2.05, 4.69) is 0 Å². The van der Waals surface area contributed by atoms with Gasteiger partial charge in [-0.25, -0.2) is 8.78 Å². The molecule has 0 unspecified atom stereocenters. The van der Waals surface area contributed by atoms with Gasteiger partial charge in [-0.3, -0.25) is 0 Å². The fraction of sp³-hybridized carbons (Fsp3) is 0.143. The fourth-order valence-corrected chi connectivity index (χ4v) is 2.58. The van der Waals surface area contributed by atoms with Gasteiger partial charge in [0, 0.05) is 22.4 Å². The van der Waals surface area contributed by atoms with Crippen LogP contribution in [0, 0.1) is 18.6 Å². The molecule has 18 heavy (non-hydrogen) atoms. The molecule has 0 spiro atoms. The van der Waals surface area contributed by atoms with Crippen LogP contribution in [-0.2, 0) is 6.54 Å². The van der Waals surface area contributed by atoms with Gasteiger partial charge in [-0.05, 0) is 30.7 Å². The van der Waals surface area contributed by atoms with Crippen LogP contribution in [-0.4, -0.2) is 0 Å². The van der Waals surface area contributed by atoms with Crippen LogP contribution in [0.15, 0.2) is 46.2 Å². The van der Waals surface area contributed by atoms with Crippen molar-refractivity contribution in [2.24, 2.45) is 5.73 Å². The maximum atomic E-state index is 13.6. The molecule has 0 aliphatic rings. The maximum absolute atomic E-state index is 13.6. The Morgan fingerprint density at radius 2 is 1.78 bits per heavy atom. The summed E-state index contributed by atoms with van der Waals surface area (Å²) in [6, 6.07) is 9.41. The van der Waals surface area contributed by atoms with Crippen molar-refractivity contribution >= 4 is 11.8 Å². The molecule has 0 atom stereocenters. The zero-order chi connectivity index (χ0) is 13.1. The second-order valence-electron chi connectivity index (χ2n) is 3.99. The van der Waals surface area contributed by atoms with Gasteiger partial charge in [0.2, 0.25) is 0 Å². The smallest absolute Gasteiger partial charge is 0.140 e. The van der Waals surface area contributed by atoms with E-state index in [1.165, 1.54) is 23.9 Å². The quantitative estimate of drug-likeness (QED) is 0.911. The molecule has 2 rings (SSSR count). The number of hydrogen-bond donors (Lipinski definition) is 1. The van der Waals surface area contributed by atoms with Gasteiger partial charge in [0.25, 0.3) is 0 Å². The van der Waals surface area contributed by atoms with Crippen molar-refractivity contribution in [1.29, 1.82) is 0 Å². The summed E-state index contributed by atoms with van der Waals surface area (Å²) in [6.45, 7) is 2.37. The van der Waals surface area contributed by atoms with Crippen molar-refractivity contribution in [2.75, 3.05) is 0 Å². The second kappa shape index (κ2) is 5.50. The van der Waals surface area contributed by atoms with Crippen LogP contribution in [0.4, 0.5) is 8.78 Å². The molecule has 0 bridgehead atoms. The SMILES string of the molecule is Cc1ccc(Sc2ccc(F)cc2F)c(CN)c1. The Morgan fingerprint density at radius 3 is 2.44 bits per heavy atom. The van der Waals surface area contributed by atoms with Crippen LogP contribution >= 0.6 is 11.8 Å². The van der Waals surface area contributed by atoms with E-state index < -0.39 is 11.6 Å². The van der Waals surface area contributed by atoms with Crippen molar-refractivity contribution < 1.29 is 8.78 Å². The average molecular weight is 265 g/mol. The molecule has 2 aromatic rings. The van der Waals surface area contributed by atoms with E-state index >= 15 is 0 Å². The highest BCUT2D eigenvalue weighted by atomic mass is 32.2. The Labute approximate surface area is 109 Å². The van der Waals surface area contributed by atoms with Crippen molar-refractivity contribution in [3.63, 3.8) is 0 Å². The van der Waals surface area contributed by atoms with E-state index in [9.17, 15) is 8.78 Å². The third kappa shape index (κ3) is 2.89. The Balaban J connectivity index is 2.33. The van der Waals surface area contributed by atoms with E-state index in [0.29, 0.717) is 11.4 Å². The molecule has 2 N–H and O–H groups in total. The first kappa shape index (κ1) is 13.1. The Hall–Kier alpha value is -1.39. The van der Waals surface area contributed by atoms with Gasteiger partial charge in [-0.15, -0.1) is 0 Å². The zero-order valence-corrected chi connectivity index (χ0v) is 10.7. The third-order valence-corrected chi connectivity index (χ3v) is 3.72. The number of halogens is 2. The summed E-state index contributed by atoms with van der Waals surface area (Å²) in [5, 5.41) is 0. The molecule has 0 aliphatic carbocycles. The summed E-state index contributed by atoms with van der Waals surface area (Å²) in [5.41, 5.74) is 7.74. The fourth-order valence-electron chi connectivity index (χ4n) is 1.64. The summed E-state index contributed by atoms with van der Waals surface area (Å²) < 4.78 is 26.4. The topological polar surface area (TPSA) is 26.0 Å². The maximum Gasteiger partial charge on any atom is 0.140 e. The predicted octanol–water partition coefficient (Wildman–Crippen LogP) is 3.88. The van der Waals surface area contributed by atoms with Gasteiger partial charge in [-0.1, -0.05) is 29.5 Å². The first-order valence-corrected chi connectivity index (χ1v) is 6.34. The molecule has 94 valence electrons. The highest BCUT2D eigenvalue weighted by molar-refractivity contribution is 7.99. The zero-order valence-electron chi connectivity index (χ0n) is 9.91. The minimum absolute atomic E-state index is 0.396. The summed E-state index contributed by atoms with van der Waals surface area (Å²) in [5.74, 6) is -1.12. The highest BCUT2D eigenvalue weighted by Crippen LogP contribution is 2.32. The normalized spacial score (nSPS) is 10.7. The van der Waals surface area contributed by atoms with Gasteiger partial charge in [0.15, 0.2) is 0 Å². The van der Waals surface area contributed by atoms with Crippen LogP contribution in [0.3, 0.4) is 0 Å². The van der Waals surface area contributed by atoms with Gasteiger partial charge < -0.3 is 5.73 Å². The lowest BCUT2D eigenvalue weighted by molar-refractivity contribution is 0.565. The number of hydrogen-bond acceptors (Lipinski definition) is 2. The number of nitrogens with two attached hydrogens (primary N) is 1. The molecule has 2 aromatic carbocycles. The minimum Gasteiger partial charge on any atom is -0.326 e. The molecule has 0 saturated heterocycles. The monoisotopic (exact) mass is 265 g/mol. The minimum atomic E-state index is -0.570. The summed E-state index contributed by atoms with van der Waals surface area (Å²) in [7, 11) is 0. The van der Waals surface area contributed by atoms with Gasteiger partial charge in [0.05, 0.1) is 0 Å². The number of aryl methyl sites for hydroxylation is 1. The van der Waals surface area contributed by atoms with Gasteiger partial charge in [0.1, 0.15) is 11.6 Å². The van der Waals surface area contributed by atoms with Crippen LogP contribution < -0.4 is 5.73 Å². The number of benzene rings is 2. The Kier molecular flexibility index (Phi) is 3.99. The third-order valence-electron chi connectivity index (χ3n) is 2.55. The van der Waals surface area contributed by atoms with Crippen molar-refractivity contribution in [3.05, 3.63) is 59.2 Å². The van der Waals surface area contributed by atoms with E-state index in [4.69, 9.17) is 5.73 Å². The Morgan fingerprint density at radius 1 is 1.06 bits per heavy atom. The summed E-state index contributed by atoms with van der Waals surface area (Å²) in [4.78, 5) is 1.29. The highest BCUT2D eigenvalue weighted by Gasteiger charge is 2.08. The molecule has 0 saturated carbocycles. The van der Waals surface area contributed by atoms with Gasteiger partial charge >= 0.3 is 0 Å². The lowest BCUT2D eigenvalue weighted by Gasteiger charge is -2.09. The molecule has 0 amide bonds. The van der Waals surface area contributed by atoms with E-state index in [1.54, 1.807) is 0 Å². The van der Waals surface area contributed by atoms with Crippen LogP contribution in [0.1, 0.15) is 11.1 Å². The standard InChI is InChI=1S/C14H13F2NS/c1-9-2-4-13(10(6-9)8-17)18-14-5-3-11(15)7-12(14)16/h2-7H,8,17H2,1H3. The van der Waals surface area contributed by atoms with Crippen LogP contribution in [0.25, 0.3) is 0 Å². The lowest BCUT2D eigenvalue weighted by atomic mass is 10.1. The molecule has 1 nitrogen and oxygen atoms in total. The molecule has 4 heteroatoms. The summed E-state index contributed by atoms with van der Waals surface area (Å²) in [6.07, 6.45) is 0. The molecule has 0 radical (unpaired) electrons. The van der Waals surface area contributed by atoms with E-state index in [0.717, 1.165) is 22.1 Å². The van der Waals surface area contributed by atoms with Crippen molar-refractivity contribution in [3.8, 4) is 0 Å². The summed E-state index contributed by atoms with van der Waals surface area (Å²) >= 11 is 1.26. The molecule has 0 aromatic heterocycles. The Bertz CT molecular complexity index is 570. The van der Waals surface area contributed by atoms with E-state index in [1.807, 2.05) is 25.1 Å². The molecule has 0 heterocycles. The van der Waals surface area contributed by atoms with E-state index in [-0.39, 0.29) is 0 Å². The van der Waals surface area contributed by atoms with Gasteiger partial charge in [-0.2, -0.15) is 0 Å². The first-order chi connectivity index (χ1) is 8.60. The van der Waals surface area contributed by atoms with Crippen LogP contribution in [0.2, 0.25) is 0 Å². The molecule has 0 fully saturated rings. The first-order valence-electron chi connectivity index (χ1n) is 5.52. The van der Waals surface area contributed by atoms with Crippen molar-refractivity contribution in [1.82, 2.24) is 0 Å². The largest absolute Gasteiger partial charge is 0.326 e. The average Bonchev–Trinajstić information content (AvgIpc) is 2.34. The molecular weight excluding hydrogens is 252 g/mol. The van der Waals surface area contributed by atoms with Crippen molar-refractivity contribution in [2.45, 2.75) is 23.3 Å². The second-order valence-corrected chi connectivity index (χ2v) is 5.08. The number of rotatable bonds is 3. The predicted molar refractivity (Wildman–Crippen MR) is 69.6 cm³/mol.